The number of piperidine rings is 2. The molecule has 2 bridgehead atoms. The Kier molecular flexibility index (Phi) is 6.05. The summed E-state index contributed by atoms with van der Waals surface area (Å²) >= 11 is 0. The predicted molar refractivity (Wildman–Crippen MR) is 86.9 cm³/mol. The Labute approximate surface area is 129 Å². The maximum Gasteiger partial charge on any atom is 0.211 e. The van der Waals surface area contributed by atoms with Gasteiger partial charge in [0, 0.05) is 24.2 Å². The fourth-order valence-corrected chi connectivity index (χ4v) is 5.02. The lowest BCUT2D eigenvalue weighted by Gasteiger charge is -2.47. The van der Waals surface area contributed by atoms with Crippen LogP contribution in [0.2, 0.25) is 0 Å². The minimum Gasteiger partial charge on any atom is -0.314 e. The second kappa shape index (κ2) is 7.40. The molecule has 2 atom stereocenters. The first-order valence-electron chi connectivity index (χ1n) is 8.32. The van der Waals surface area contributed by atoms with Gasteiger partial charge in [0.05, 0.1) is 5.75 Å². The number of rotatable bonds is 7. The van der Waals surface area contributed by atoms with Crippen LogP contribution in [0.25, 0.3) is 0 Å². The second-order valence-electron chi connectivity index (χ2n) is 6.97. The fourth-order valence-electron chi connectivity index (χ4n) is 3.68. The summed E-state index contributed by atoms with van der Waals surface area (Å²) in [5.41, 5.74) is 0. The van der Waals surface area contributed by atoms with Gasteiger partial charge >= 0.3 is 0 Å². The number of hydrogen-bond donors (Lipinski definition) is 2. The van der Waals surface area contributed by atoms with Crippen LogP contribution in [0.15, 0.2) is 0 Å². The molecular formula is C15H31N3O2S. The van der Waals surface area contributed by atoms with Gasteiger partial charge in [-0.15, -0.1) is 0 Å². The quantitative estimate of drug-likeness (QED) is 0.695. The van der Waals surface area contributed by atoms with Crippen LogP contribution in [-0.2, 0) is 10.0 Å². The van der Waals surface area contributed by atoms with Gasteiger partial charge in [-0.05, 0) is 45.7 Å². The van der Waals surface area contributed by atoms with E-state index < -0.39 is 10.0 Å². The van der Waals surface area contributed by atoms with E-state index >= 15 is 0 Å². The third-order valence-corrected chi connectivity index (χ3v) is 6.35. The molecule has 0 spiro atoms. The number of sulfonamides is 1. The smallest absolute Gasteiger partial charge is 0.211 e. The van der Waals surface area contributed by atoms with E-state index in [0.29, 0.717) is 24.5 Å². The lowest BCUT2D eigenvalue weighted by molar-refractivity contribution is 0.0536. The summed E-state index contributed by atoms with van der Waals surface area (Å²) in [6.07, 6.45) is 6.33. The molecule has 2 rings (SSSR count). The zero-order chi connectivity index (χ0) is 15.5. The topological polar surface area (TPSA) is 61.4 Å². The number of nitrogens with zero attached hydrogens (tertiary/aromatic N) is 1. The third kappa shape index (κ3) is 5.20. The van der Waals surface area contributed by atoms with Crippen LogP contribution in [0, 0.1) is 0 Å². The highest BCUT2D eigenvalue weighted by molar-refractivity contribution is 7.89. The van der Waals surface area contributed by atoms with Crippen LogP contribution in [0.4, 0.5) is 0 Å². The monoisotopic (exact) mass is 317 g/mol. The predicted octanol–water partition coefficient (Wildman–Crippen LogP) is 1.31. The van der Waals surface area contributed by atoms with Crippen LogP contribution in [0.1, 0.15) is 52.4 Å². The summed E-state index contributed by atoms with van der Waals surface area (Å²) in [5, 5.41) is 3.26. The summed E-state index contributed by atoms with van der Waals surface area (Å²) in [5.74, 6) is 0.231. The summed E-state index contributed by atoms with van der Waals surface area (Å²) in [4.78, 5) is 2.46. The van der Waals surface area contributed by atoms with Gasteiger partial charge in [-0.1, -0.05) is 20.3 Å². The SMILES string of the molecule is CC(C)NCCCS(=O)(=O)NC1CC2CCCC(C1)N2C. The molecular weight excluding hydrogens is 286 g/mol. The highest BCUT2D eigenvalue weighted by Crippen LogP contribution is 2.32. The normalized spacial score (nSPS) is 30.8. The average molecular weight is 317 g/mol. The maximum atomic E-state index is 12.2. The summed E-state index contributed by atoms with van der Waals surface area (Å²) in [7, 11) is -0.945. The van der Waals surface area contributed by atoms with Gasteiger partial charge < -0.3 is 10.2 Å². The summed E-state index contributed by atoms with van der Waals surface area (Å²) < 4.78 is 27.3. The van der Waals surface area contributed by atoms with Crippen LogP contribution in [0.5, 0.6) is 0 Å². The number of hydrogen-bond acceptors (Lipinski definition) is 4. The van der Waals surface area contributed by atoms with Crippen LogP contribution in [0.3, 0.4) is 0 Å². The zero-order valence-corrected chi connectivity index (χ0v) is 14.5. The van der Waals surface area contributed by atoms with Crippen molar-refractivity contribution in [1.82, 2.24) is 14.9 Å². The maximum absolute atomic E-state index is 12.2. The van der Waals surface area contributed by atoms with Crippen molar-refractivity contribution >= 4 is 10.0 Å². The molecule has 2 aliphatic rings. The lowest BCUT2D eigenvalue weighted by Crippen LogP contribution is -2.55. The van der Waals surface area contributed by atoms with E-state index in [0.717, 1.165) is 19.4 Å². The van der Waals surface area contributed by atoms with Crippen molar-refractivity contribution in [3.8, 4) is 0 Å². The van der Waals surface area contributed by atoms with Gasteiger partial charge in [0.1, 0.15) is 0 Å². The summed E-state index contributed by atoms with van der Waals surface area (Å²) in [6, 6.07) is 1.68. The largest absolute Gasteiger partial charge is 0.314 e. The van der Waals surface area contributed by atoms with Gasteiger partial charge in [0.25, 0.3) is 0 Å². The van der Waals surface area contributed by atoms with Gasteiger partial charge in [-0.2, -0.15) is 0 Å². The molecule has 0 saturated carbocycles. The first-order valence-corrected chi connectivity index (χ1v) is 9.98. The highest BCUT2D eigenvalue weighted by Gasteiger charge is 2.37. The second-order valence-corrected chi connectivity index (χ2v) is 8.84. The standard InChI is InChI=1S/C15H31N3O2S/c1-12(2)16-8-5-9-21(19,20)17-13-10-14-6-4-7-15(11-13)18(14)3/h12-17H,4-11H2,1-3H3. The van der Waals surface area contributed by atoms with E-state index in [2.05, 4.69) is 35.8 Å². The molecule has 2 unspecified atom stereocenters. The fraction of sp³-hybridized carbons (Fsp3) is 1.00. The van der Waals surface area contributed by atoms with E-state index in [1.165, 1.54) is 19.3 Å². The van der Waals surface area contributed by atoms with Crippen molar-refractivity contribution in [3.05, 3.63) is 0 Å². The first-order chi connectivity index (χ1) is 9.87. The van der Waals surface area contributed by atoms with Gasteiger partial charge in [0.2, 0.25) is 10.0 Å². The Hall–Kier alpha value is -0.170. The molecule has 6 heteroatoms. The molecule has 124 valence electrons. The zero-order valence-electron chi connectivity index (χ0n) is 13.6. The van der Waals surface area contributed by atoms with Crippen molar-refractivity contribution < 1.29 is 8.42 Å². The van der Waals surface area contributed by atoms with E-state index in [1.807, 2.05) is 0 Å². The van der Waals surface area contributed by atoms with Crippen LogP contribution in [-0.4, -0.2) is 56.8 Å². The van der Waals surface area contributed by atoms with Gasteiger partial charge in [0.15, 0.2) is 0 Å². The average Bonchev–Trinajstić information content (AvgIpc) is 2.35. The molecule has 2 saturated heterocycles. The molecule has 0 aromatic carbocycles. The van der Waals surface area contributed by atoms with Crippen molar-refractivity contribution in [2.75, 3.05) is 19.3 Å². The lowest BCUT2D eigenvalue weighted by atomic mass is 9.83. The van der Waals surface area contributed by atoms with E-state index in [1.54, 1.807) is 0 Å². The molecule has 0 aliphatic carbocycles. The Morgan fingerprint density at radius 2 is 1.81 bits per heavy atom. The molecule has 0 aromatic heterocycles. The van der Waals surface area contributed by atoms with Crippen molar-refractivity contribution in [2.45, 2.75) is 76.5 Å². The molecule has 2 fully saturated rings. The van der Waals surface area contributed by atoms with E-state index in [4.69, 9.17) is 0 Å². The molecule has 2 N–H and O–H groups in total. The Morgan fingerprint density at radius 1 is 1.19 bits per heavy atom. The molecule has 0 aromatic rings. The molecule has 2 aliphatic heterocycles. The van der Waals surface area contributed by atoms with Crippen molar-refractivity contribution in [3.63, 3.8) is 0 Å². The van der Waals surface area contributed by atoms with Crippen LogP contribution < -0.4 is 10.0 Å². The first kappa shape index (κ1) is 17.2. The minimum absolute atomic E-state index is 0.138. The molecule has 0 amide bonds. The number of fused-ring (bicyclic) bond motifs is 2. The summed E-state index contributed by atoms with van der Waals surface area (Å²) in [6.45, 7) is 4.91. The molecule has 21 heavy (non-hydrogen) atoms. The molecule has 2 heterocycles. The van der Waals surface area contributed by atoms with Gasteiger partial charge in [-0.25, -0.2) is 13.1 Å². The van der Waals surface area contributed by atoms with Crippen molar-refractivity contribution in [1.29, 1.82) is 0 Å². The van der Waals surface area contributed by atoms with E-state index in [-0.39, 0.29) is 11.8 Å². The van der Waals surface area contributed by atoms with Crippen LogP contribution >= 0.6 is 0 Å². The minimum atomic E-state index is -3.14. The highest BCUT2D eigenvalue weighted by atomic mass is 32.2. The Balaban J connectivity index is 1.78. The Bertz CT molecular complexity index is 411. The Morgan fingerprint density at radius 3 is 2.38 bits per heavy atom. The van der Waals surface area contributed by atoms with E-state index in [9.17, 15) is 8.42 Å². The molecule has 0 radical (unpaired) electrons. The third-order valence-electron chi connectivity index (χ3n) is 4.83. The molecule has 5 nitrogen and oxygen atoms in total. The number of nitrogens with one attached hydrogen (secondary N) is 2. The van der Waals surface area contributed by atoms with Gasteiger partial charge in [-0.3, -0.25) is 0 Å². The van der Waals surface area contributed by atoms with Crippen molar-refractivity contribution in [2.24, 2.45) is 0 Å².